The highest BCUT2D eigenvalue weighted by Crippen LogP contribution is 2.31. The van der Waals surface area contributed by atoms with Crippen molar-refractivity contribution in [2.45, 2.75) is 30.6 Å². The number of hydrogen-bond acceptors (Lipinski definition) is 5. The largest absolute Gasteiger partial charge is 0.495 e. The topological polar surface area (TPSA) is 87.7 Å². The first kappa shape index (κ1) is 18.2. The molecule has 0 saturated carbocycles. The molecule has 1 atom stereocenters. The summed E-state index contributed by atoms with van der Waals surface area (Å²) < 4.78 is 32.7. The molecule has 2 aliphatic heterocycles. The molecule has 3 rings (SSSR count). The molecule has 7 nitrogen and oxygen atoms in total. The van der Waals surface area contributed by atoms with Crippen LogP contribution in [-0.2, 0) is 14.8 Å². The van der Waals surface area contributed by atoms with E-state index in [0.717, 1.165) is 32.2 Å². The van der Waals surface area contributed by atoms with Gasteiger partial charge in [-0.15, -0.1) is 0 Å². The highest BCUT2D eigenvalue weighted by atomic mass is 32.2. The first-order valence-electron chi connectivity index (χ1n) is 8.72. The Morgan fingerprint density at radius 3 is 2.68 bits per heavy atom. The maximum absolute atomic E-state index is 13.0. The number of ether oxygens (including phenoxy) is 1. The molecule has 0 radical (unpaired) electrons. The third kappa shape index (κ3) is 3.96. The summed E-state index contributed by atoms with van der Waals surface area (Å²) in [6, 6.07) is 4.77. The summed E-state index contributed by atoms with van der Waals surface area (Å²) in [4.78, 5) is 12.4. The van der Waals surface area contributed by atoms with E-state index in [1.54, 1.807) is 12.1 Å². The van der Waals surface area contributed by atoms with Crippen molar-refractivity contribution in [1.29, 1.82) is 0 Å². The fourth-order valence-electron chi connectivity index (χ4n) is 3.32. The van der Waals surface area contributed by atoms with E-state index < -0.39 is 10.0 Å². The van der Waals surface area contributed by atoms with E-state index in [0.29, 0.717) is 31.1 Å². The van der Waals surface area contributed by atoms with Crippen LogP contribution in [0, 0.1) is 5.92 Å². The number of carbonyl (C=O) groups is 1. The van der Waals surface area contributed by atoms with Crippen molar-refractivity contribution in [3.05, 3.63) is 18.2 Å². The van der Waals surface area contributed by atoms with Crippen LogP contribution >= 0.6 is 0 Å². The van der Waals surface area contributed by atoms with Gasteiger partial charge in [-0.25, -0.2) is 8.42 Å². The van der Waals surface area contributed by atoms with Crippen LogP contribution in [0.1, 0.15) is 25.7 Å². The molecule has 0 spiro atoms. The minimum Gasteiger partial charge on any atom is -0.495 e. The molecule has 2 fully saturated rings. The Morgan fingerprint density at radius 1 is 1.28 bits per heavy atom. The summed E-state index contributed by atoms with van der Waals surface area (Å²) in [6.45, 7) is 2.53. The summed E-state index contributed by atoms with van der Waals surface area (Å²) in [5, 5.41) is 5.99. The SMILES string of the molecule is COc1ccc(NC(=O)C2CCNC2)cc1S(=O)(=O)N1CCCCC1. The highest BCUT2D eigenvalue weighted by molar-refractivity contribution is 7.89. The van der Waals surface area contributed by atoms with Gasteiger partial charge in [0.2, 0.25) is 15.9 Å². The molecule has 25 heavy (non-hydrogen) atoms. The Hall–Kier alpha value is -1.64. The third-order valence-electron chi connectivity index (χ3n) is 4.80. The molecule has 2 heterocycles. The van der Waals surface area contributed by atoms with E-state index in [4.69, 9.17) is 4.74 Å². The van der Waals surface area contributed by atoms with Gasteiger partial charge in [0, 0.05) is 25.3 Å². The Kier molecular flexibility index (Phi) is 5.61. The van der Waals surface area contributed by atoms with Gasteiger partial charge in [0.1, 0.15) is 10.6 Å². The van der Waals surface area contributed by atoms with Crippen LogP contribution in [0.2, 0.25) is 0 Å². The van der Waals surface area contributed by atoms with Crippen LogP contribution in [0.25, 0.3) is 0 Å². The van der Waals surface area contributed by atoms with Gasteiger partial charge in [0.15, 0.2) is 0 Å². The van der Waals surface area contributed by atoms with Gasteiger partial charge in [-0.05, 0) is 44.0 Å². The Balaban J connectivity index is 1.85. The maximum atomic E-state index is 13.0. The first-order valence-corrected chi connectivity index (χ1v) is 10.2. The number of rotatable bonds is 5. The van der Waals surface area contributed by atoms with Gasteiger partial charge in [0.25, 0.3) is 0 Å². The molecule has 0 bridgehead atoms. The summed E-state index contributed by atoms with van der Waals surface area (Å²) in [6.07, 6.45) is 3.58. The van der Waals surface area contributed by atoms with Crippen molar-refractivity contribution >= 4 is 21.6 Å². The second-order valence-electron chi connectivity index (χ2n) is 6.51. The number of nitrogens with zero attached hydrogens (tertiary/aromatic N) is 1. The van der Waals surface area contributed by atoms with E-state index in [9.17, 15) is 13.2 Å². The summed E-state index contributed by atoms with van der Waals surface area (Å²) >= 11 is 0. The zero-order valence-electron chi connectivity index (χ0n) is 14.5. The second kappa shape index (κ2) is 7.72. The quantitative estimate of drug-likeness (QED) is 0.822. The van der Waals surface area contributed by atoms with Gasteiger partial charge >= 0.3 is 0 Å². The van der Waals surface area contributed by atoms with E-state index >= 15 is 0 Å². The lowest BCUT2D eigenvalue weighted by molar-refractivity contribution is -0.119. The number of carbonyl (C=O) groups excluding carboxylic acids is 1. The smallest absolute Gasteiger partial charge is 0.246 e. The normalized spacial score (nSPS) is 21.9. The average molecular weight is 367 g/mol. The van der Waals surface area contributed by atoms with E-state index in [1.807, 2.05) is 0 Å². The maximum Gasteiger partial charge on any atom is 0.246 e. The van der Waals surface area contributed by atoms with Gasteiger partial charge in [-0.3, -0.25) is 4.79 Å². The molecular weight excluding hydrogens is 342 g/mol. The first-order chi connectivity index (χ1) is 12.0. The number of methoxy groups -OCH3 is 1. The molecule has 0 aliphatic carbocycles. The molecule has 2 saturated heterocycles. The molecule has 8 heteroatoms. The van der Waals surface area contributed by atoms with Crippen LogP contribution < -0.4 is 15.4 Å². The van der Waals surface area contributed by atoms with Crippen LogP contribution in [0.15, 0.2) is 23.1 Å². The number of sulfonamides is 1. The standard InChI is InChI=1S/C17H25N3O4S/c1-24-15-6-5-14(19-17(21)13-7-8-18-12-13)11-16(15)25(22,23)20-9-3-2-4-10-20/h5-6,11,13,18H,2-4,7-10,12H2,1H3,(H,19,21). The average Bonchev–Trinajstić information content (AvgIpc) is 3.17. The molecule has 1 aromatic rings. The van der Waals surface area contributed by atoms with Crippen LogP contribution in [0.3, 0.4) is 0 Å². The lowest BCUT2D eigenvalue weighted by atomic mass is 10.1. The van der Waals surface area contributed by atoms with Crippen LogP contribution in [0.4, 0.5) is 5.69 Å². The molecule has 1 aromatic carbocycles. The number of hydrogen-bond donors (Lipinski definition) is 2. The molecule has 2 N–H and O–H groups in total. The fourth-order valence-corrected chi connectivity index (χ4v) is 5.02. The van der Waals surface area contributed by atoms with Gasteiger partial charge < -0.3 is 15.4 Å². The van der Waals surface area contributed by atoms with Crippen molar-refractivity contribution in [1.82, 2.24) is 9.62 Å². The lowest BCUT2D eigenvalue weighted by Gasteiger charge is -2.26. The minimum absolute atomic E-state index is 0.0794. The van der Waals surface area contributed by atoms with Crippen LogP contribution in [0.5, 0.6) is 5.75 Å². The van der Waals surface area contributed by atoms with Gasteiger partial charge in [-0.2, -0.15) is 4.31 Å². The van der Waals surface area contributed by atoms with E-state index in [2.05, 4.69) is 10.6 Å². The highest BCUT2D eigenvalue weighted by Gasteiger charge is 2.30. The summed E-state index contributed by atoms with van der Waals surface area (Å²) in [7, 11) is -2.19. The number of benzene rings is 1. The Bertz CT molecular complexity index is 723. The predicted octanol–water partition coefficient (Wildman–Crippen LogP) is 1.42. The van der Waals surface area contributed by atoms with E-state index in [-0.39, 0.29) is 16.7 Å². The predicted molar refractivity (Wildman–Crippen MR) is 95.2 cm³/mol. The third-order valence-corrected chi connectivity index (χ3v) is 6.71. The molecule has 1 unspecified atom stereocenters. The Morgan fingerprint density at radius 2 is 2.04 bits per heavy atom. The number of anilines is 1. The molecule has 2 aliphatic rings. The second-order valence-corrected chi connectivity index (χ2v) is 8.42. The number of nitrogens with one attached hydrogen (secondary N) is 2. The minimum atomic E-state index is -3.64. The van der Waals surface area contributed by atoms with Crippen molar-refractivity contribution in [2.24, 2.45) is 5.92 Å². The van der Waals surface area contributed by atoms with Crippen molar-refractivity contribution < 1.29 is 17.9 Å². The summed E-state index contributed by atoms with van der Waals surface area (Å²) in [5.74, 6) is 0.131. The van der Waals surface area contributed by atoms with Gasteiger partial charge in [-0.1, -0.05) is 6.42 Å². The monoisotopic (exact) mass is 367 g/mol. The molecule has 138 valence electrons. The van der Waals surface area contributed by atoms with Crippen molar-refractivity contribution in [3.63, 3.8) is 0 Å². The van der Waals surface area contributed by atoms with Gasteiger partial charge in [0.05, 0.1) is 13.0 Å². The van der Waals surface area contributed by atoms with E-state index in [1.165, 1.54) is 17.5 Å². The zero-order valence-corrected chi connectivity index (χ0v) is 15.3. The van der Waals surface area contributed by atoms with Crippen LogP contribution in [-0.4, -0.2) is 51.9 Å². The Labute approximate surface area is 148 Å². The number of amides is 1. The lowest BCUT2D eigenvalue weighted by Crippen LogP contribution is -2.35. The van der Waals surface area contributed by atoms with Crippen molar-refractivity contribution in [3.8, 4) is 5.75 Å². The molecule has 0 aromatic heterocycles. The number of piperidine rings is 1. The van der Waals surface area contributed by atoms with Crippen molar-refractivity contribution in [2.75, 3.05) is 38.6 Å². The fraction of sp³-hybridized carbons (Fsp3) is 0.588. The molecule has 1 amide bonds. The summed E-state index contributed by atoms with van der Waals surface area (Å²) in [5.41, 5.74) is 0.480. The zero-order chi connectivity index (χ0) is 17.9. The molecular formula is C17H25N3O4S.